The highest BCUT2D eigenvalue weighted by Crippen LogP contribution is 2.30. The van der Waals surface area contributed by atoms with E-state index in [0.717, 1.165) is 12.2 Å². The normalized spacial score (nSPS) is 10.7. The maximum atomic E-state index is 12.1. The Kier molecular flexibility index (Phi) is 5.40. The number of hydrogen-bond donors (Lipinski definition) is 0. The molecule has 0 amide bonds. The zero-order valence-electron chi connectivity index (χ0n) is 12.3. The van der Waals surface area contributed by atoms with Gasteiger partial charge in [-0.3, -0.25) is 4.79 Å². The zero-order valence-corrected chi connectivity index (χ0v) is 13.1. The summed E-state index contributed by atoms with van der Waals surface area (Å²) in [6.07, 6.45) is 1.44. The molecule has 0 bridgehead atoms. The van der Waals surface area contributed by atoms with Crippen LogP contribution in [-0.4, -0.2) is 5.78 Å². The number of rotatable bonds is 6. The second-order valence-corrected chi connectivity index (χ2v) is 5.82. The largest absolute Gasteiger partial charge is 0.456 e. The molecule has 0 aromatic heterocycles. The summed E-state index contributed by atoms with van der Waals surface area (Å²) in [6, 6.07) is 14.6. The topological polar surface area (TPSA) is 26.3 Å². The molecule has 0 fully saturated rings. The lowest BCUT2D eigenvalue weighted by molar-refractivity contribution is 0.0975. The molecule has 0 atom stereocenters. The van der Waals surface area contributed by atoms with Gasteiger partial charge < -0.3 is 4.74 Å². The SMILES string of the molecule is CC(C)CCC(=O)c1ccc(Oc2ccccc2)c(Cl)c1. The van der Waals surface area contributed by atoms with E-state index in [4.69, 9.17) is 16.3 Å². The van der Waals surface area contributed by atoms with E-state index in [0.29, 0.717) is 28.7 Å². The molecule has 0 aliphatic rings. The molecule has 0 radical (unpaired) electrons. The first-order chi connectivity index (χ1) is 10.1. The van der Waals surface area contributed by atoms with Crippen LogP contribution in [-0.2, 0) is 0 Å². The van der Waals surface area contributed by atoms with Gasteiger partial charge in [0.1, 0.15) is 11.5 Å². The van der Waals surface area contributed by atoms with Gasteiger partial charge in [0.15, 0.2) is 5.78 Å². The Morgan fingerprint density at radius 1 is 1.14 bits per heavy atom. The predicted octanol–water partition coefficient (Wildman–Crippen LogP) is 5.75. The van der Waals surface area contributed by atoms with E-state index in [-0.39, 0.29) is 5.78 Å². The maximum Gasteiger partial charge on any atom is 0.162 e. The van der Waals surface area contributed by atoms with E-state index in [1.165, 1.54) is 0 Å². The van der Waals surface area contributed by atoms with Crippen LogP contribution >= 0.6 is 11.6 Å². The number of Topliss-reactive ketones (excluding diaryl/α,β-unsaturated/α-hetero) is 1. The van der Waals surface area contributed by atoms with Gasteiger partial charge in [-0.1, -0.05) is 43.6 Å². The summed E-state index contributed by atoms with van der Waals surface area (Å²) in [4.78, 5) is 12.1. The van der Waals surface area contributed by atoms with Gasteiger partial charge in [0.05, 0.1) is 5.02 Å². The van der Waals surface area contributed by atoms with Crippen LogP contribution in [0.25, 0.3) is 0 Å². The van der Waals surface area contributed by atoms with Gasteiger partial charge in [-0.25, -0.2) is 0 Å². The maximum absolute atomic E-state index is 12.1. The van der Waals surface area contributed by atoms with Gasteiger partial charge in [-0.15, -0.1) is 0 Å². The number of hydrogen-bond acceptors (Lipinski definition) is 2. The van der Waals surface area contributed by atoms with Crippen molar-refractivity contribution in [3.63, 3.8) is 0 Å². The highest BCUT2D eigenvalue weighted by atomic mass is 35.5. The lowest BCUT2D eigenvalue weighted by Crippen LogP contribution is -2.01. The van der Waals surface area contributed by atoms with Crippen LogP contribution in [0, 0.1) is 5.92 Å². The van der Waals surface area contributed by atoms with Crippen molar-refractivity contribution in [3.05, 3.63) is 59.1 Å². The summed E-state index contributed by atoms with van der Waals surface area (Å²) >= 11 is 6.21. The number of ketones is 1. The standard InChI is InChI=1S/C18H19ClO2/c1-13(2)8-10-17(20)14-9-11-18(16(19)12-14)21-15-6-4-3-5-7-15/h3-7,9,11-13H,8,10H2,1-2H3. The van der Waals surface area contributed by atoms with Crippen LogP contribution in [0.1, 0.15) is 37.0 Å². The summed E-state index contributed by atoms with van der Waals surface area (Å²) in [5.41, 5.74) is 0.640. The van der Waals surface area contributed by atoms with Crippen LogP contribution in [0.3, 0.4) is 0 Å². The highest BCUT2D eigenvalue weighted by molar-refractivity contribution is 6.32. The number of carbonyl (C=O) groups excluding carboxylic acids is 1. The van der Waals surface area contributed by atoms with Crippen molar-refractivity contribution in [1.82, 2.24) is 0 Å². The molecule has 2 aromatic carbocycles. The summed E-state index contributed by atoms with van der Waals surface area (Å²) in [7, 11) is 0. The molecule has 0 spiro atoms. The van der Waals surface area contributed by atoms with Crippen molar-refractivity contribution < 1.29 is 9.53 Å². The summed E-state index contributed by atoms with van der Waals surface area (Å²) in [6.45, 7) is 4.22. The monoisotopic (exact) mass is 302 g/mol. The molecule has 0 aliphatic heterocycles. The first-order valence-corrected chi connectivity index (χ1v) is 7.49. The molecule has 2 aromatic rings. The smallest absolute Gasteiger partial charge is 0.162 e. The third kappa shape index (κ3) is 4.61. The second-order valence-electron chi connectivity index (χ2n) is 5.42. The minimum Gasteiger partial charge on any atom is -0.456 e. The lowest BCUT2D eigenvalue weighted by Gasteiger charge is -2.09. The van der Waals surface area contributed by atoms with E-state index in [1.807, 2.05) is 30.3 Å². The average Bonchev–Trinajstić information content (AvgIpc) is 2.48. The van der Waals surface area contributed by atoms with Gasteiger partial charge in [-0.2, -0.15) is 0 Å². The molecular formula is C18H19ClO2. The van der Waals surface area contributed by atoms with E-state index < -0.39 is 0 Å². The second kappa shape index (κ2) is 7.28. The van der Waals surface area contributed by atoms with Crippen molar-refractivity contribution in [2.75, 3.05) is 0 Å². The third-order valence-electron chi connectivity index (χ3n) is 3.17. The number of ether oxygens (including phenoxy) is 1. The molecule has 110 valence electrons. The molecule has 0 heterocycles. The van der Waals surface area contributed by atoms with Crippen LogP contribution in [0.2, 0.25) is 5.02 Å². The van der Waals surface area contributed by atoms with Gasteiger partial charge in [-0.05, 0) is 42.7 Å². The van der Waals surface area contributed by atoms with Crippen molar-refractivity contribution in [3.8, 4) is 11.5 Å². The fourth-order valence-electron chi connectivity index (χ4n) is 1.94. The van der Waals surface area contributed by atoms with Gasteiger partial charge in [0.25, 0.3) is 0 Å². The Labute approximate surface area is 130 Å². The average molecular weight is 303 g/mol. The zero-order chi connectivity index (χ0) is 15.2. The molecule has 2 rings (SSSR count). The lowest BCUT2D eigenvalue weighted by atomic mass is 10.0. The minimum atomic E-state index is 0.122. The van der Waals surface area contributed by atoms with E-state index in [9.17, 15) is 4.79 Å². The predicted molar refractivity (Wildman–Crippen MR) is 86.4 cm³/mol. The third-order valence-corrected chi connectivity index (χ3v) is 3.47. The van der Waals surface area contributed by atoms with E-state index in [2.05, 4.69) is 13.8 Å². The molecule has 0 N–H and O–H groups in total. The Morgan fingerprint density at radius 2 is 1.86 bits per heavy atom. The van der Waals surface area contributed by atoms with E-state index in [1.54, 1.807) is 18.2 Å². The molecule has 0 aliphatic carbocycles. The Morgan fingerprint density at radius 3 is 2.48 bits per heavy atom. The van der Waals surface area contributed by atoms with Crippen molar-refractivity contribution >= 4 is 17.4 Å². The fourth-order valence-corrected chi connectivity index (χ4v) is 2.16. The first-order valence-electron chi connectivity index (χ1n) is 7.12. The number of carbonyl (C=O) groups is 1. The van der Waals surface area contributed by atoms with Crippen molar-refractivity contribution in [2.45, 2.75) is 26.7 Å². The number of benzene rings is 2. The molecule has 21 heavy (non-hydrogen) atoms. The highest BCUT2D eigenvalue weighted by Gasteiger charge is 2.10. The van der Waals surface area contributed by atoms with Crippen LogP contribution in [0.4, 0.5) is 0 Å². The van der Waals surface area contributed by atoms with E-state index >= 15 is 0 Å². The van der Waals surface area contributed by atoms with Gasteiger partial charge in [0.2, 0.25) is 0 Å². The van der Waals surface area contributed by atoms with Crippen LogP contribution in [0.15, 0.2) is 48.5 Å². The Balaban J connectivity index is 2.08. The quantitative estimate of drug-likeness (QED) is 0.635. The molecular weight excluding hydrogens is 284 g/mol. The fraction of sp³-hybridized carbons (Fsp3) is 0.278. The van der Waals surface area contributed by atoms with Gasteiger partial charge in [0, 0.05) is 12.0 Å². The van der Waals surface area contributed by atoms with Crippen LogP contribution in [0.5, 0.6) is 11.5 Å². The number of halogens is 1. The molecule has 0 saturated carbocycles. The first kappa shape index (κ1) is 15.6. The van der Waals surface area contributed by atoms with Crippen molar-refractivity contribution in [1.29, 1.82) is 0 Å². The summed E-state index contributed by atoms with van der Waals surface area (Å²) < 4.78 is 5.70. The Hall–Kier alpha value is -1.80. The van der Waals surface area contributed by atoms with Crippen molar-refractivity contribution in [2.24, 2.45) is 5.92 Å². The molecule has 3 heteroatoms. The van der Waals surface area contributed by atoms with Gasteiger partial charge >= 0.3 is 0 Å². The molecule has 0 saturated heterocycles. The minimum absolute atomic E-state index is 0.122. The molecule has 2 nitrogen and oxygen atoms in total. The Bertz CT molecular complexity index is 606. The number of para-hydroxylation sites is 1. The summed E-state index contributed by atoms with van der Waals surface area (Å²) in [5, 5.41) is 0.453. The van der Waals surface area contributed by atoms with Crippen LogP contribution < -0.4 is 4.74 Å². The summed E-state index contributed by atoms with van der Waals surface area (Å²) in [5.74, 6) is 1.92. The molecule has 0 unspecified atom stereocenters.